The second kappa shape index (κ2) is 9.50. The Morgan fingerprint density at radius 2 is 1.97 bits per heavy atom. The van der Waals surface area contributed by atoms with Crippen LogP contribution in [-0.2, 0) is 24.1 Å². The summed E-state index contributed by atoms with van der Waals surface area (Å²) in [5.74, 6) is 1.75. The number of β-amino-alcohol motifs (C(OH)–C–C–N with tert-alkyl or cyclic N) is 1. The van der Waals surface area contributed by atoms with E-state index in [2.05, 4.69) is 37.2 Å². The zero-order valence-electron chi connectivity index (χ0n) is 18.2. The molecule has 0 aliphatic carbocycles. The molecule has 0 amide bonds. The number of aliphatic hydroxyl groups excluding tert-OH is 1. The highest BCUT2D eigenvalue weighted by atomic mass is 32.1. The first kappa shape index (κ1) is 21.3. The minimum absolute atomic E-state index is 0.465. The van der Waals surface area contributed by atoms with Gasteiger partial charge in [-0.2, -0.15) is 5.10 Å². The molecule has 32 heavy (non-hydrogen) atoms. The molecule has 0 radical (unpaired) electrons. The van der Waals surface area contributed by atoms with Gasteiger partial charge in [-0.3, -0.25) is 4.90 Å². The predicted molar refractivity (Wildman–Crippen MR) is 124 cm³/mol. The van der Waals surface area contributed by atoms with Gasteiger partial charge >= 0.3 is 0 Å². The minimum atomic E-state index is -0.465. The van der Waals surface area contributed by atoms with Crippen LogP contribution in [0.3, 0.4) is 0 Å². The smallest absolute Gasteiger partial charge is 0.155 e. The average Bonchev–Trinajstić information content (AvgIpc) is 3.53. The third-order valence-electron chi connectivity index (χ3n) is 5.78. The standard InChI is InChI=1S/C23H28N6O2S/c1-17-4-2-6-23-25-21(26-29(17)23)7-8-22-24-19(20-5-3-13-32-20)16-28(22)15-18(30)14-27-9-11-31-12-10-27/h2-6,13,16,18,30H,7-12,14-15H2,1H3. The van der Waals surface area contributed by atoms with Gasteiger partial charge in [0.05, 0.1) is 36.4 Å². The number of hydrogen-bond acceptors (Lipinski definition) is 7. The van der Waals surface area contributed by atoms with E-state index in [1.54, 1.807) is 11.3 Å². The van der Waals surface area contributed by atoms with Gasteiger partial charge < -0.3 is 14.4 Å². The van der Waals surface area contributed by atoms with E-state index in [9.17, 15) is 5.11 Å². The molecule has 1 saturated heterocycles. The first-order valence-electron chi connectivity index (χ1n) is 11.0. The summed E-state index contributed by atoms with van der Waals surface area (Å²) in [5, 5.41) is 17.5. The van der Waals surface area contributed by atoms with Crippen molar-refractivity contribution in [2.24, 2.45) is 0 Å². The van der Waals surface area contributed by atoms with Crippen LogP contribution in [-0.4, -0.2) is 73.1 Å². The van der Waals surface area contributed by atoms with Crippen LogP contribution in [0.15, 0.2) is 41.9 Å². The summed E-state index contributed by atoms with van der Waals surface area (Å²) in [6.45, 7) is 6.39. The Balaban J connectivity index is 1.33. The summed E-state index contributed by atoms with van der Waals surface area (Å²) in [6, 6.07) is 10.1. The summed E-state index contributed by atoms with van der Waals surface area (Å²) in [7, 11) is 0. The Bertz CT molecular complexity index is 1160. The maximum atomic E-state index is 10.8. The Kier molecular flexibility index (Phi) is 6.31. The van der Waals surface area contributed by atoms with Crippen LogP contribution in [0.5, 0.6) is 0 Å². The molecule has 4 aromatic rings. The fourth-order valence-electron chi connectivity index (χ4n) is 4.13. The SMILES string of the molecule is Cc1cccc2nc(CCc3nc(-c4cccs4)cn3CC(O)CN3CCOCC3)nn12. The van der Waals surface area contributed by atoms with E-state index in [1.165, 1.54) is 0 Å². The lowest BCUT2D eigenvalue weighted by Gasteiger charge is -2.28. The van der Waals surface area contributed by atoms with Crippen molar-refractivity contribution >= 4 is 17.0 Å². The average molecular weight is 453 g/mol. The number of thiophene rings is 1. The van der Waals surface area contributed by atoms with Crippen molar-refractivity contribution in [3.05, 3.63) is 59.3 Å². The largest absolute Gasteiger partial charge is 0.390 e. The molecule has 0 bridgehead atoms. The second-order valence-electron chi connectivity index (χ2n) is 8.20. The van der Waals surface area contributed by atoms with Gasteiger partial charge in [-0.05, 0) is 30.5 Å². The molecular weight excluding hydrogens is 424 g/mol. The van der Waals surface area contributed by atoms with Gasteiger partial charge in [0.15, 0.2) is 11.5 Å². The van der Waals surface area contributed by atoms with Crippen molar-refractivity contribution in [2.45, 2.75) is 32.4 Å². The summed E-state index contributed by atoms with van der Waals surface area (Å²) >= 11 is 1.68. The van der Waals surface area contributed by atoms with Gasteiger partial charge in [-0.1, -0.05) is 12.1 Å². The van der Waals surface area contributed by atoms with Gasteiger partial charge in [-0.15, -0.1) is 11.3 Å². The zero-order valence-corrected chi connectivity index (χ0v) is 19.0. The molecule has 1 aliphatic heterocycles. The van der Waals surface area contributed by atoms with Crippen molar-refractivity contribution < 1.29 is 9.84 Å². The number of fused-ring (bicyclic) bond motifs is 1. The van der Waals surface area contributed by atoms with E-state index in [0.29, 0.717) is 25.9 Å². The number of ether oxygens (including phenoxy) is 1. The molecule has 1 atom stereocenters. The fourth-order valence-corrected chi connectivity index (χ4v) is 4.81. The summed E-state index contributed by atoms with van der Waals surface area (Å²) in [6.07, 6.45) is 3.01. The molecule has 1 aliphatic rings. The molecule has 1 N–H and O–H groups in total. The van der Waals surface area contributed by atoms with Crippen LogP contribution in [0.4, 0.5) is 0 Å². The van der Waals surface area contributed by atoms with Crippen molar-refractivity contribution in [1.82, 2.24) is 29.0 Å². The monoisotopic (exact) mass is 452 g/mol. The molecule has 1 unspecified atom stereocenters. The van der Waals surface area contributed by atoms with Gasteiger partial charge in [0.25, 0.3) is 0 Å². The van der Waals surface area contributed by atoms with Gasteiger partial charge in [-0.25, -0.2) is 14.5 Å². The lowest BCUT2D eigenvalue weighted by molar-refractivity contribution is 0.0114. The quantitative estimate of drug-likeness (QED) is 0.442. The summed E-state index contributed by atoms with van der Waals surface area (Å²) in [5.41, 5.74) is 2.88. The fraction of sp³-hybridized carbons (Fsp3) is 0.435. The number of morpholine rings is 1. The molecule has 9 heteroatoms. The lowest BCUT2D eigenvalue weighted by atomic mass is 10.2. The Morgan fingerprint density at radius 1 is 1.09 bits per heavy atom. The van der Waals surface area contributed by atoms with Crippen molar-refractivity contribution in [2.75, 3.05) is 32.8 Å². The second-order valence-corrected chi connectivity index (χ2v) is 9.15. The highest BCUT2D eigenvalue weighted by Gasteiger charge is 2.18. The molecule has 168 valence electrons. The Hall–Kier alpha value is -2.59. The van der Waals surface area contributed by atoms with Crippen molar-refractivity contribution in [1.29, 1.82) is 0 Å². The third kappa shape index (κ3) is 4.75. The van der Waals surface area contributed by atoms with Gasteiger partial charge in [0.2, 0.25) is 0 Å². The number of rotatable bonds is 8. The van der Waals surface area contributed by atoms with E-state index in [-0.39, 0.29) is 0 Å². The molecule has 0 aromatic carbocycles. The van der Waals surface area contributed by atoms with E-state index in [4.69, 9.17) is 9.72 Å². The summed E-state index contributed by atoms with van der Waals surface area (Å²) in [4.78, 5) is 13.0. The number of imidazole rings is 1. The minimum Gasteiger partial charge on any atom is -0.390 e. The Labute approximate surface area is 191 Å². The molecule has 5 rings (SSSR count). The van der Waals surface area contributed by atoms with E-state index < -0.39 is 6.10 Å². The number of aryl methyl sites for hydroxylation is 3. The van der Waals surface area contributed by atoms with E-state index in [0.717, 1.165) is 59.9 Å². The van der Waals surface area contributed by atoms with Crippen LogP contribution in [0.1, 0.15) is 17.3 Å². The molecule has 5 heterocycles. The third-order valence-corrected chi connectivity index (χ3v) is 6.67. The van der Waals surface area contributed by atoms with E-state index >= 15 is 0 Å². The topological polar surface area (TPSA) is 80.7 Å². The number of nitrogens with zero attached hydrogens (tertiary/aromatic N) is 6. The van der Waals surface area contributed by atoms with E-state index in [1.807, 2.05) is 35.7 Å². The molecule has 8 nitrogen and oxygen atoms in total. The molecule has 0 saturated carbocycles. The van der Waals surface area contributed by atoms with Crippen LogP contribution >= 0.6 is 11.3 Å². The Morgan fingerprint density at radius 3 is 2.75 bits per heavy atom. The highest BCUT2D eigenvalue weighted by molar-refractivity contribution is 7.13. The number of aromatic nitrogens is 5. The first-order valence-corrected chi connectivity index (χ1v) is 11.9. The normalized spacial score (nSPS) is 16.1. The van der Waals surface area contributed by atoms with Gasteiger partial charge in [0.1, 0.15) is 5.82 Å². The lowest BCUT2D eigenvalue weighted by Crippen LogP contribution is -2.42. The molecule has 0 spiro atoms. The van der Waals surface area contributed by atoms with Crippen LogP contribution < -0.4 is 0 Å². The van der Waals surface area contributed by atoms with Crippen LogP contribution in [0, 0.1) is 6.92 Å². The number of hydrogen-bond donors (Lipinski definition) is 1. The number of pyridine rings is 1. The zero-order chi connectivity index (χ0) is 21.9. The molecule has 4 aromatic heterocycles. The maximum absolute atomic E-state index is 10.8. The van der Waals surface area contributed by atoms with Crippen LogP contribution in [0.25, 0.3) is 16.2 Å². The molecular formula is C23H28N6O2S. The first-order chi connectivity index (χ1) is 15.7. The molecule has 1 fully saturated rings. The highest BCUT2D eigenvalue weighted by Crippen LogP contribution is 2.24. The van der Waals surface area contributed by atoms with Gasteiger partial charge in [0, 0.05) is 44.4 Å². The van der Waals surface area contributed by atoms with Crippen molar-refractivity contribution in [3.63, 3.8) is 0 Å². The predicted octanol–water partition coefficient (Wildman–Crippen LogP) is 2.44. The summed E-state index contributed by atoms with van der Waals surface area (Å²) < 4.78 is 9.39. The maximum Gasteiger partial charge on any atom is 0.155 e. The van der Waals surface area contributed by atoms with Crippen molar-refractivity contribution in [3.8, 4) is 10.6 Å². The van der Waals surface area contributed by atoms with Crippen LogP contribution in [0.2, 0.25) is 0 Å². The number of aliphatic hydroxyl groups is 1.